The third-order valence-corrected chi connectivity index (χ3v) is 11.1. The highest BCUT2D eigenvalue weighted by molar-refractivity contribution is 8.00. The molecule has 2 aliphatic heterocycles. The van der Waals surface area contributed by atoms with Crippen LogP contribution in [0.3, 0.4) is 0 Å². The van der Waals surface area contributed by atoms with Gasteiger partial charge in [-0.05, 0) is 61.3 Å². The molecule has 34 heavy (non-hydrogen) atoms. The molecule has 0 unspecified atom stereocenters. The summed E-state index contributed by atoms with van der Waals surface area (Å²) in [4.78, 5) is 45.4. The Balaban J connectivity index is 1.34. The molecule has 0 radical (unpaired) electrons. The highest BCUT2D eigenvalue weighted by Crippen LogP contribution is 2.68. The Morgan fingerprint density at radius 3 is 2.35 bits per heavy atom. The van der Waals surface area contributed by atoms with Gasteiger partial charge in [0.15, 0.2) is 0 Å². The number of amides is 2. The Morgan fingerprint density at radius 1 is 0.912 bits per heavy atom. The Morgan fingerprint density at radius 2 is 1.62 bits per heavy atom. The molecule has 3 heterocycles. The van der Waals surface area contributed by atoms with Gasteiger partial charge in [0.25, 0.3) is 0 Å². The van der Waals surface area contributed by atoms with Gasteiger partial charge in [0, 0.05) is 16.0 Å². The molecule has 3 aromatic rings. The van der Waals surface area contributed by atoms with Gasteiger partial charge in [-0.15, -0.1) is 11.8 Å². The van der Waals surface area contributed by atoms with Crippen LogP contribution in [0.1, 0.15) is 33.9 Å². The number of carbonyl (C=O) groups excluding carboxylic acids is 2. The lowest BCUT2D eigenvalue weighted by Crippen LogP contribution is -2.42. The quantitative estimate of drug-likeness (QED) is 0.530. The number of nitrogens with zero attached hydrogens (tertiary/aromatic N) is 1. The van der Waals surface area contributed by atoms with Crippen LogP contribution in [0.2, 0.25) is 0 Å². The second-order valence-electron chi connectivity index (χ2n) is 10.2. The van der Waals surface area contributed by atoms with Crippen molar-refractivity contribution in [1.29, 1.82) is 0 Å². The molecule has 2 aromatic carbocycles. The summed E-state index contributed by atoms with van der Waals surface area (Å²) in [5, 5.41) is 1.18. The summed E-state index contributed by atoms with van der Waals surface area (Å²) >= 11 is 3.05. The zero-order valence-electron chi connectivity index (χ0n) is 18.9. The molecule has 2 bridgehead atoms. The van der Waals surface area contributed by atoms with E-state index < -0.39 is 0 Å². The number of hydrogen-bond acceptors (Lipinski definition) is 5. The molecule has 2 saturated carbocycles. The Kier molecular flexibility index (Phi) is 4.38. The number of thiazole rings is 1. The lowest BCUT2D eigenvalue weighted by Gasteiger charge is -2.43. The number of rotatable bonds is 2. The van der Waals surface area contributed by atoms with Crippen molar-refractivity contribution in [3.8, 4) is 0 Å². The van der Waals surface area contributed by atoms with Gasteiger partial charge in [0.2, 0.25) is 11.8 Å². The van der Waals surface area contributed by atoms with E-state index in [1.165, 1.54) is 27.4 Å². The smallest absolute Gasteiger partial charge is 0.305 e. The first-order valence-electron chi connectivity index (χ1n) is 11.8. The number of carbonyl (C=O) groups is 2. The number of aromatic amines is 1. The van der Waals surface area contributed by atoms with Crippen molar-refractivity contribution in [3.05, 3.63) is 79.8 Å². The first-order valence-corrected chi connectivity index (χ1v) is 13.5. The molecule has 1 saturated heterocycles. The summed E-state index contributed by atoms with van der Waals surface area (Å²) in [6.07, 6.45) is 0.915. The Bertz CT molecular complexity index is 1410. The molecule has 7 rings (SSSR count). The SMILES string of the molecule is Cc1ccc(N2C(=O)[C@@H]3[C@H]4C[C@@H]([C@@H]3C2=O)[C@@H]2[C@H](c3ccccc3C)c3sc(=O)[nH]c3S[C@H]42)cc1. The molecule has 5 nitrogen and oxygen atoms in total. The molecule has 0 spiro atoms. The molecule has 1 N–H and O–H groups in total. The van der Waals surface area contributed by atoms with E-state index in [0.717, 1.165) is 21.9 Å². The van der Waals surface area contributed by atoms with E-state index in [1.807, 2.05) is 37.3 Å². The summed E-state index contributed by atoms with van der Waals surface area (Å²) in [7, 11) is 0. The summed E-state index contributed by atoms with van der Waals surface area (Å²) in [6.45, 7) is 4.13. The summed E-state index contributed by atoms with van der Waals surface area (Å²) in [5.74, 6) is 0.0363. The molecular weight excluding hydrogens is 464 g/mol. The van der Waals surface area contributed by atoms with Gasteiger partial charge < -0.3 is 4.98 Å². The van der Waals surface area contributed by atoms with Crippen LogP contribution in [0.15, 0.2) is 58.4 Å². The summed E-state index contributed by atoms with van der Waals surface area (Å²) in [6, 6.07) is 16.1. The number of imide groups is 1. The zero-order chi connectivity index (χ0) is 23.3. The van der Waals surface area contributed by atoms with Crippen molar-refractivity contribution in [2.24, 2.45) is 29.6 Å². The molecule has 172 valence electrons. The minimum atomic E-state index is -0.260. The monoisotopic (exact) mass is 488 g/mol. The maximum Gasteiger partial charge on any atom is 0.305 e. The maximum absolute atomic E-state index is 13.8. The Hall–Kier alpha value is -2.64. The standard InChI is InChI=1S/C27H24N2O3S2/c1-12-7-9-14(10-8-12)29-25(30)20-16-11-17(21(20)26(29)31)22-19(16)18(15-6-4-3-5-13(15)2)23-24(33-22)28-27(32)34-23/h3-10,16-22H,11H2,1-2H3,(H,28,32)/t16-,17-,18+,19-,20+,21-,22-/m1/s1. The van der Waals surface area contributed by atoms with Crippen molar-refractivity contribution in [3.63, 3.8) is 0 Å². The zero-order valence-corrected chi connectivity index (χ0v) is 20.5. The molecule has 4 aliphatic rings. The minimum Gasteiger partial charge on any atom is -0.307 e. The lowest BCUT2D eigenvalue weighted by atomic mass is 9.67. The van der Waals surface area contributed by atoms with Gasteiger partial charge in [0.1, 0.15) is 0 Å². The number of aromatic nitrogens is 1. The van der Waals surface area contributed by atoms with E-state index in [1.54, 1.807) is 11.8 Å². The molecule has 2 aliphatic carbocycles. The van der Waals surface area contributed by atoms with E-state index in [2.05, 4.69) is 30.1 Å². The Labute approximate surface area is 205 Å². The second-order valence-corrected chi connectivity index (χ2v) is 12.4. The summed E-state index contributed by atoms with van der Waals surface area (Å²) < 4.78 is 0. The first-order chi connectivity index (χ1) is 16.4. The van der Waals surface area contributed by atoms with Crippen LogP contribution in [-0.2, 0) is 9.59 Å². The molecule has 1 aromatic heterocycles. The van der Waals surface area contributed by atoms with Crippen molar-refractivity contribution < 1.29 is 9.59 Å². The van der Waals surface area contributed by atoms with Gasteiger partial charge in [-0.2, -0.15) is 0 Å². The number of hydrogen-bond donors (Lipinski definition) is 1. The highest BCUT2D eigenvalue weighted by atomic mass is 32.2. The number of H-pyrrole nitrogens is 1. The van der Waals surface area contributed by atoms with E-state index in [9.17, 15) is 14.4 Å². The topological polar surface area (TPSA) is 70.2 Å². The van der Waals surface area contributed by atoms with E-state index >= 15 is 0 Å². The van der Waals surface area contributed by atoms with E-state index in [0.29, 0.717) is 5.69 Å². The third-order valence-electron chi connectivity index (χ3n) is 8.54. The van der Waals surface area contributed by atoms with Gasteiger partial charge in [-0.3, -0.25) is 19.3 Å². The fourth-order valence-corrected chi connectivity index (χ4v) is 10.1. The number of benzene rings is 2. The predicted molar refractivity (Wildman–Crippen MR) is 133 cm³/mol. The van der Waals surface area contributed by atoms with Crippen molar-refractivity contribution >= 4 is 40.6 Å². The first kappa shape index (κ1) is 20.7. The molecule has 7 atom stereocenters. The lowest BCUT2D eigenvalue weighted by molar-refractivity contribution is -0.123. The molecular formula is C27H24N2O3S2. The minimum absolute atomic E-state index is 0.0266. The number of nitrogens with one attached hydrogen (secondary N) is 1. The second kappa shape index (κ2) is 7.18. The number of aryl methyl sites for hydroxylation is 2. The largest absolute Gasteiger partial charge is 0.307 e. The summed E-state index contributed by atoms with van der Waals surface area (Å²) in [5.41, 5.74) is 4.24. The average Bonchev–Trinajstić information content (AvgIpc) is 3.54. The fraction of sp³-hybridized carbons (Fsp3) is 0.370. The van der Waals surface area contributed by atoms with Crippen molar-refractivity contribution in [2.75, 3.05) is 4.90 Å². The third kappa shape index (κ3) is 2.65. The van der Waals surface area contributed by atoms with Crippen molar-refractivity contribution in [2.45, 2.75) is 36.5 Å². The van der Waals surface area contributed by atoms with E-state index in [-0.39, 0.29) is 57.4 Å². The van der Waals surface area contributed by atoms with Crippen LogP contribution in [0.5, 0.6) is 0 Å². The molecule has 7 heteroatoms. The van der Waals surface area contributed by atoms with E-state index in [4.69, 9.17) is 0 Å². The number of thioether (sulfide) groups is 1. The average molecular weight is 489 g/mol. The number of fused-ring (bicyclic) bond motifs is 9. The van der Waals surface area contributed by atoms with Gasteiger partial charge >= 0.3 is 4.87 Å². The fourth-order valence-electron chi connectivity index (χ4n) is 7.25. The van der Waals surface area contributed by atoms with Gasteiger partial charge in [0.05, 0.1) is 22.5 Å². The molecule has 3 fully saturated rings. The van der Waals surface area contributed by atoms with Crippen LogP contribution in [0.4, 0.5) is 5.69 Å². The van der Waals surface area contributed by atoms with Crippen LogP contribution < -0.4 is 9.77 Å². The van der Waals surface area contributed by atoms with Crippen LogP contribution in [-0.4, -0.2) is 22.0 Å². The normalized spacial score (nSPS) is 33.2. The predicted octanol–water partition coefficient (Wildman–Crippen LogP) is 4.73. The van der Waals surface area contributed by atoms with Gasteiger partial charge in [-0.25, -0.2) is 0 Å². The molecule has 2 amide bonds. The highest BCUT2D eigenvalue weighted by Gasteiger charge is 2.69. The van der Waals surface area contributed by atoms with Crippen LogP contribution in [0, 0.1) is 43.4 Å². The van der Waals surface area contributed by atoms with Crippen LogP contribution in [0.25, 0.3) is 0 Å². The van der Waals surface area contributed by atoms with Crippen molar-refractivity contribution in [1.82, 2.24) is 4.98 Å². The number of anilines is 1. The maximum atomic E-state index is 13.8. The van der Waals surface area contributed by atoms with Crippen LogP contribution >= 0.6 is 23.1 Å². The van der Waals surface area contributed by atoms with Gasteiger partial charge in [-0.1, -0.05) is 53.3 Å².